The summed E-state index contributed by atoms with van der Waals surface area (Å²) in [5.41, 5.74) is 2.47. The number of thiophene rings is 1. The minimum Gasteiger partial charge on any atom is -0.494 e. The standard InChI is InChI=1S/C25H29N3O5S3/c1-4-32-15-10-11-17-19(12-15)36-25(28(17)3)27-21(30)14-34-13-20(29)26-23-22(24(31)33-5-2)16-8-6-7-9-18(16)35-23/h10-12H,4-9,13-14H2,1-3H3,(H,26,29). The van der Waals surface area contributed by atoms with Gasteiger partial charge in [0.2, 0.25) is 5.91 Å². The number of benzene rings is 1. The lowest BCUT2D eigenvalue weighted by molar-refractivity contribution is -0.115. The highest BCUT2D eigenvalue weighted by Gasteiger charge is 2.27. The molecule has 1 aromatic carbocycles. The molecule has 0 atom stereocenters. The number of nitrogens with one attached hydrogen (secondary N) is 1. The Balaban J connectivity index is 1.38. The zero-order valence-corrected chi connectivity index (χ0v) is 23.0. The van der Waals surface area contributed by atoms with E-state index >= 15 is 0 Å². The summed E-state index contributed by atoms with van der Waals surface area (Å²) >= 11 is 4.07. The van der Waals surface area contributed by atoms with Gasteiger partial charge >= 0.3 is 5.97 Å². The van der Waals surface area contributed by atoms with Crippen molar-refractivity contribution >= 4 is 67.4 Å². The first kappa shape index (κ1) is 26.4. The van der Waals surface area contributed by atoms with Crippen LogP contribution in [-0.4, -0.2) is 47.1 Å². The molecule has 0 aliphatic heterocycles. The summed E-state index contributed by atoms with van der Waals surface area (Å²) in [6.07, 6.45) is 3.84. The molecule has 36 heavy (non-hydrogen) atoms. The summed E-state index contributed by atoms with van der Waals surface area (Å²) in [5, 5.41) is 3.42. The minimum atomic E-state index is -0.390. The predicted molar refractivity (Wildman–Crippen MR) is 145 cm³/mol. The Morgan fingerprint density at radius 1 is 1.11 bits per heavy atom. The van der Waals surface area contributed by atoms with Crippen molar-refractivity contribution < 1.29 is 23.9 Å². The molecule has 11 heteroatoms. The van der Waals surface area contributed by atoms with Gasteiger partial charge in [0.1, 0.15) is 10.8 Å². The molecule has 8 nitrogen and oxygen atoms in total. The lowest BCUT2D eigenvalue weighted by Crippen LogP contribution is -2.18. The van der Waals surface area contributed by atoms with E-state index in [0.717, 1.165) is 52.1 Å². The van der Waals surface area contributed by atoms with Crippen LogP contribution < -0.4 is 14.9 Å². The Morgan fingerprint density at radius 3 is 2.69 bits per heavy atom. The molecule has 0 spiro atoms. The summed E-state index contributed by atoms with van der Waals surface area (Å²) in [5.74, 6) is -0.00565. The predicted octanol–water partition coefficient (Wildman–Crippen LogP) is 4.55. The van der Waals surface area contributed by atoms with Crippen molar-refractivity contribution in [1.82, 2.24) is 4.57 Å². The molecule has 0 unspecified atom stereocenters. The lowest BCUT2D eigenvalue weighted by atomic mass is 9.95. The highest BCUT2D eigenvalue weighted by atomic mass is 32.2. The molecule has 0 saturated carbocycles. The van der Waals surface area contributed by atoms with E-state index in [0.29, 0.717) is 22.0 Å². The zero-order chi connectivity index (χ0) is 25.7. The topological polar surface area (TPSA) is 99.0 Å². The van der Waals surface area contributed by atoms with Gasteiger partial charge in [-0.05, 0) is 63.3 Å². The SMILES string of the molecule is CCOC(=O)c1c(NC(=O)CSCC(=O)N=c2sc3cc(OCC)ccc3n2C)sc2c1CCCC2. The van der Waals surface area contributed by atoms with E-state index in [4.69, 9.17) is 9.47 Å². The highest BCUT2D eigenvalue weighted by molar-refractivity contribution is 8.00. The fourth-order valence-corrected chi connectivity index (χ4v) is 7.04. The normalized spacial score (nSPS) is 13.5. The number of hydrogen-bond acceptors (Lipinski definition) is 8. The number of esters is 1. The molecule has 192 valence electrons. The third-order valence-electron chi connectivity index (χ3n) is 5.67. The van der Waals surface area contributed by atoms with Gasteiger partial charge in [-0.2, -0.15) is 4.99 Å². The number of hydrogen-bond donors (Lipinski definition) is 1. The van der Waals surface area contributed by atoms with E-state index in [1.54, 1.807) is 6.92 Å². The second-order valence-corrected chi connectivity index (χ2v) is 11.3. The molecule has 2 aromatic heterocycles. The number of carbonyl (C=O) groups is 3. The Bertz CT molecular complexity index is 1350. The molecule has 2 amide bonds. The maximum Gasteiger partial charge on any atom is 0.341 e. The van der Waals surface area contributed by atoms with Crippen molar-refractivity contribution in [2.75, 3.05) is 30.0 Å². The van der Waals surface area contributed by atoms with Gasteiger partial charge < -0.3 is 19.4 Å². The molecule has 4 rings (SSSR count). The maximum atomic E-state index is 12.6. The van der Waals surface area contributed by atoms with Crippen LogP contribution >= 0.6 is 34.4 Å². The molecule has 0 radical (unpaired) electrons. The zero-order valence-electron chi connectivity index (χ0n) is 20.5. The smallest absolute Gasteiger partial charge is 0.341 e. The molecule has 1 N–H and O–H groups in total. The first-order chi connectivity index (χ1) is 17.4. The lowest BCUT2D eigenvalue weighted by Gasteiger charge is -2.12. The molecule has 2 heterocycles. The van der Waals surface area contributed by atoms with Crippen molar-refractivity contribution in [3.63, 3.8) is 0 Å². The van der Waals surface area contributed by atoms with Gasteiger partial charge in [0.25, 0.3) is 5.91 Å². The van der Waals surface area contributed by atoms with Gasteiger partial charge in [-0.3, -0.25) is 9.59 Å². The molecular formula is C25H29N3O5S3. The molecule has 0 fully saturated rings. The van der Waals surface area contributed by atoms with Gasteiger partial charge in [0, 0.05) is 11.9 Å². The van der Waals surface area contributed by atoms with E-state index in [9.17, 15) is 14.4 Å². The van der Waals surface area contributed by atoms with Gasteiger partial charge in [-0.1, -0.05) is 11.3 Å². The number of fused-ring (bicyclic) bond motifs is 2. The van der Waals surface area contributed by atoms with Crippen LogP contribution in [0.3, 0.4) is 0 Å². The molecular weight excluding hydrogens is 518 g/mol. The summed E-state index contributed by atoms with van der Waals surface area (Å²) in [6.45, 7) is 4.57. The Labute approximate surface area is 221 Å². The number of aromatic nitrogens is 1. The molecule has 0 bridgehead atoms. The number of rotatable bonds is 9. The van der Waals surface area contributed by atoms with E-state index in [1.165, 1.54) is 34.4 Å². The number of thioether (sulfide) groups is 1. The fourth-order valence-electron chi connectivity index (χ4n) is 4.08. The second kappa shape index (κ2) is 12.1. The third kappa shape index (κ3) is 6.01. The molecule has 1 aliphatic rings. The number of aryl methyl sites for hydroxylation is 2. The maximum absolute atomic E-state index is 12.6. The molecule has 1 aliphatic carbocycles. The second-order valence-electron chi connectivity index (χ2n) is 8.19. The Kier molecular flexibility index (Phi) is 8.86. The van der Waals surface area contributed by atoms with Gasteiger partial charge in [-0.15, -0.1) is 23.1 Å². The van der Waals surface area contributed by atoms with Gasteiger partial charge in [0.15, 0.2) is 4.80 Å². The number of anilines is 1. The van der Waals surface area contributed by atoms with Crippen LogP contribution in [-0.2, 0) is 34.2 Å². The van der Waals surface area contributed by atoms with Crippen LogP contribution in [0.15, 0.2) is 23.2 Å². The van der Waals surface area contributed by atoms with Crippen LogP contribution in [0.5, 0.6) is 5.75 Å². The van der Waals surface area contributed by atoms with Crippen molar-refractivity contribution in [1.29, 1.82) is 0 Å². The van der Waals surface area contributed by atoms with Crippen molar-refractivity contribution in [2.45, 2.75) is 39.5 Å². The largest absolute Gasteiger partial charge is 0.494 e. The average molecular weight is 548 g/mol. The van der Waals surface area contributed by atoms with Crippen LogP contribution in [0.25, 0.3) is 10.2 Å². The van der Waals surface area contributed by atoms with Crippen molar-refractivity contribution in [2.24, 2.45) is 12.0 Å². The number of amides is 2. The van der Waals surface area contributed by atoms with Crippen molar-refractivity contribution in [3.05, 3.63) is 39.0 Å². The Morgan fingerprint density at radius 2 is 1.92 bits per heavy atom. The summed E-state index contributed by atoms with van der Waals surface area (Å²) < 4.78 is 13.7. The van der Waals surface area contributed by atoms with Gasteiger partial charge in [-0.25, -0.2) is 4.79 Å². The van der Waals surface area contributed by atoms with Crippen LogP contribution in [0.4, 0.5) is 5.00 Å². The van der Waals surface area contributed by atoms with E-state index in [-0.39, 0.29) is 29.9 Å². The number of thiazole rings is 1. The molecule has 3 aromatic rings. The highest BCUT2D eigenvalue weighted by Crippen LogP contribution is 2.38. The van der Waals surface area contributed by atoms with Crippen molar-refractivity contribution in [3.8, 4) is 5.75 Å². The van der Waals surface area contributed by atoms with E-state index in [1.807, 2.05) is 36.7 Å². The first-order valence-electron chi connectivity index (χ1n) is 11.9. The van der Waals surface area contributed by atoms with Crippen LogP contribution in [0.1, 0.15) is 47.5 Å². The van der Waals surface area contributed by atoms with Gasteiger partial charge in [0.05, 0.1) is 40.5 Å². The summed E-state index contributed by atoms with van der Waals surface area (Å²) in [6, 6.07) is 5.79. The van der Waals surface area contributed by atoms with Crippen LogP contribution in [0, 0.1) is 0 Å². The van der Waals surface area contributed by atoms with E-state index < -0.39 is 5.97 Å². The quantitative estimate of drug-likeness (QED) is 0.395. The third-order valence-corrected chi connectivity index (χ3v) is 8.89. The number of nitrogens with zero attached hydrogens (tertiary/aromatic N) is 2. The first-order valence-corrected chi connectivity index (χ1v) is 14.7. The average Bonchev–Trinajstić information content (AvgIpc) is 3.36. The minimum absolute atomic E-state index is 0.0809. The molecule has 0 saturated heterocycles. The fraction of sp³-hybridized carbons (Fsp3) is 0.440. The summed E-state index contributed by atoms with van der Waals surface area (Å²) in [7, 11) is 1.87. The Hall–Kier alpha value is -2.63. The number of ether oxygens (including phenoxy) is 2. The number of carbonyl (C=O) groups excluding carboxylic acids is 3. The monoisotopic (exact) mass is 547 g/mol. The van der Waals surface area contributed by atoms with Crippen LogP contribution in [0.2, 0.25) is 0 Å². The summed E-state index contributed by atoms with van der Waals surface area (Å²) in [4.78, 5) is 43.7. The van der Waals surface area contributed by atoms with E-state index in [2.05, 4.69) is 10.3 Å².